The first-order valence-electron chi connectivity index (χ1n) is 9.62. The van der Waals surface area contributed by atoms with Gasteiger partial charge in [-0.1, -0.05) is 17.7 Å². The number of ether oxygens (including phenoxy) is 1. The molecule has 2 aromatic carbocycles. The summed E-state index contributed by atoms with van der Waals surface area (Å²) in [6, 6.07) is 12.1. The van der Waals surface area contributed by atoms with Crippen LogP contribution in [0.4, 0.5) is 5.69 Å². The summed E-state index contributed by atoms with van der Waals surface area (Å²) in [6.07, 6.45) is 1.57. The fourth-order valence-electron chi connectivity index (χ4n) is 3.63. The van der Waals surface area contributed by atoms with Crippen LogP contribution in [0.2, 0.25) is 5.02 Å². The van der Waals surface area contributed by atoms with E-state index < -0.39 is 10.0 Å². The van der Waals surface area contributed by atoms with Crippen molar-refractivity contribution in [3.05, 3.63) is 53.7 Å². The van der Waals surface area contributed by atoms with E-state index in [1.54, 1.807) is 42.6 Å². The summed E-state index contributed by atoms with van der Waals surface area (Å²) in [5.74, 6) is 0.705. The molecule has 0 spiro atoms. The third-order valence-corrected chi connectivity index (χ3v) is 7.17. The molecule has 1 aliphatic rings. The quantitative estimate of drug-likeness (QED) is 0.614. The van der Waals surface area contributed by atoms with Crippen molar-refractivity contribution >= 4 is 38.2 Å². The third-order valence-electron chi connectivity index (χ3n) is 5.25. The molecule has 3 aromatic rings. The molecule has 0 radical (unpaired) electrons. The maximum atomic E-state index is 13.4. The normalized spacial score (nSPS) is 15.8. The average molecular weight is 434 g/mol. The van der Waals surface area contributed by atoms with Gasteiger partial charge in [-0.25, -0.2) is 12.4 Å². The second-order valence-electron chi connectivity index (χ2n) is 7.17. The summed E-state index contributed by atoms with van der Waals surface area (Å²) in [6.45, 7) is 5.93. The van der Waals surface area contributed by atoms with Gasteiger partial charge in [0.2, 0.25) is 0 Å². The summed E-state index contributed by atoms with van der Waals surface area (Å²) < 4.78 is 33.9. The molecule has 1 aliphatic heterocycles. The number of benzene rings is 2. The third kappa shape index (κ3) is 3.82. The minimum atomic E-state index is -3.78. The molecule has 0 bridgehead atoms. The van der Waals surface area contributed by atoms with Crippen molar-refractivity contribution in [1.82, 2.24) is 8.87 Å². The Balaban J connectivity index is 1.79. The first kappa shape index (κ1) is 20.1. The predicted octanol–water partition coefficient (Wildman–Crippen LogP) is 3.68. The zero-order chi connectivity index (χ0) is 20.6. The van der Waals surface area contributed by atoms with Gasteiger partial charge >= 0.3 is 0 Å². The molecule has 29 heavy (non-hydrogen) atoms. The van der Waals surface area contributed by atoms with E-state index in [1.165, 1.54) is 3.97 Å². The van der Waals surface area contributed by atoms with Gasteiger partial charge in [-0.05, 0) is 50.4 Å². The molecular formula is C21H24ClN3O3S. The first-order chi connectivity index (χ1) is 13.9. The van der Waals surface area contributed by atoms with Crippen molar-refractivity contribution in [2.24, 2.45) is 0 Å². The second-order valence-corrected chi connectivity index (χ2v) is 9.42. The molecule has 0 atom stereocenters. The number of piperazine rings is 1. The summed E-state index contributed by atoms with van der Waals surface area (Å²) in [7, 11) is -1.69. The Kier molecular flexibility index (Phi) is 5.46. The van der Waals surface area contributed by atoms with Crippen molar-refractivity contribution in [2.75, 3.05) is 44.7 Å². The number of anilines is 1. The van der Waals surface area contributed by atoms with Gasteiger partial charge in [0.15, 0.2) is 0 Å². The SMILES string of the molecule is CCOc1ccc(S(=O)(=O)n2ccc3ccc(Cl)cc32)cc1N1CCN(C)CC1. The number of aromatic nitrogens is 1. The lowest BCUT2D eigenvalue weighted by atomic mass is 10.2. The summed E-state index contributed by atoms with van der Waals surface area (Å²) in [5.41, 5.74) is 1.38. The van der Waals surface area contributed by atoms with Crippen LogP contribution in [0.15, 0.2) is 53.6 Å². The number of rotatable bonds is 5. The molecule has 1 aromatic heterocycles. The molecule has 4 rings (SSSR count). The molecular weight excluding hydrogens is 410 g/mol. The minimum absolute atomic E-state index is 0.229. The molecule has 0 unspecified atom stereocenters. The molecule has 0 N–H and O–H groups in total. The molecule has 154 valence electrons. The Morgan fingerprint density at radius 2 is 1.79 bits per heavy atom. The highest BCUT2D eigenvalue weighted by Crippen LogP contribution is 2.33. The highest BCUT2D eigenvalue weighted by Gasteiger charge is 2.24. The van der Waals surface area contributed by atoms with E-state index in [9.17, 15) is 8.42 Å². The van der Waals surface area contributed by atoms with Crippen molar-refractivity contribution in [3.8, 4) is 5.75 Å². The lowest BCUT2D eigenvalue weighted by Crippen LogP contribution is -2.44. The van der Waals surface area contributed by atoms with Gasteiger partial charge in [0, 0.05) is 42.8 Å². The average Bonchev–Trinajstić information content (AvgIpc) is 3.13. The Bertz CT molecular complexity index is 1140. The molecule has 2 heterocycles. The number of halogens is 1. The van der Waals surface area contributed by atoms with Gasteiger partial charge in [-0.2, -0.15) is 0 Å². The minimum Gasteiger partial charge on any atom is -0.492 e. The van der Waals surface area contributed by atoms with E-state index in [4.69, 9.17) is 16.3 Å². The van der Waals surface area contributed by atoms with Crippen molar-refractivity contribution in [1.29, 1.82) is 0 Å². The second kappa shape index (κ2) is 7.89. The van der Waals surface area contributed by atoms with Crippen LogP contribution in [0.5, 0.6) is 5.75 Å². The van der Waals surface area contributed by atoms with Crippen LogP contribution in [0.1, 0.15) is 6.92 Å². The van der Waals surface area contributed by atoms with Crippen molar-refractivity contribution < 1.29 is 13.2 Å². The van der Waals surface area contributed by atoms with Gasteiger partial charge in [-0.3, -0.25) is 0 Å². The Hall–Kier alpha value is -2.22. The Morgan fingerprint density at radius 3 is 2.52 bits per heavy atom. The number of likely N-dealkylation sites (N-methyl/N-ethyl adjacent to an activating group) is 1. The maximum absolute atomic E-state index is 13.4. The topological polar surface area (TPSA) is 54.8 Å². The van der Waals surface area contributed by atoms with E-state index in [0.29, 0.717) is 22.9 Å². The molecule has 0 aliphatic carbocycles. The summed E-state index contributed by atoms with van der Waals surface area (Å²) in [5, 5.41) is 1.32. The van der Waals surface area contributed by atoms with E-state index >= 15 is 0 Å². The van der Waals surface area contributed by atoms with Gasteiger partial charge in [0.1, 0.15) is 5.75 Å². The van der Waals surface area contributed by atoms with E-state index in [0.717, 1.165) is 37.3 Å². The molecule has 0 saturated carbocycles. The van der Waals surface area contributed by atoms with Crippen LogP contribution >= 0.6 is 11.6 Å². The zero-order valence-electron chi connectivity index (χ0n) is 16.5. The summed E-state index contributed by atoms with van der Waals surface area (Å²) >= 11 is 6.10. The van der Waals surface area contributed by atoms with E-state index in [-0.39, 0.29) is 4.90 Å². The first-order valence-corrected chi connectivity index (χ1v) is 11.4. The molecule has 0 amide bonds. The predicted molar refractivity (Wildman–Crippen MR) is 117 cm³/mol. The number of hydrogen-bond donors (Lipinski definition) is 0. The van der Waals surface area contributed by atoms with Crippen LogP contribution in [0, 0.1) is 0 Å². The number of nitrogens with zero attached hydrogens (tertiary/aromatic N) is 3. The fraction of sp³-hybridized carbons (Fsp3) is 0.333. The van der Waals surface area contributed by atoms with E-state index in [1.807, 2.05) is 13.0 Å². The lowest BCUT2D eigenvalue weighted by molar-refractivity contribution is 0.307. The smallest absolute Gasteiger partial charge is 0.268 e. The number of fused-ring (bicyclic) bond motifs is 1. The molecule has 1 saturated heterocycles. The molecule has 1 fully saturated rings. The van der Waals surface area contributed by atoms with Gasteiger partial charge in [-0.15, -0.1) is 0 Å². The largest absolute Gasteiger partial charge is 0.492 e. The monoisotopic (exact) mass is 433 g/mol. The van der Waals surface area contributed by atoms with Crippen molar-refractivity contribution in [3.63, 3.8) is 0 Å². The highest BCUT2D eigenvalue weighted by atomic mass is 35.5. The van der Waals surface area contributed by atoms with Crippen LogP contribution in [0.25, 0.3) is 10.9 Å². The van der Waals surface area contributed by atoms with Gasteiger partial charge in [0.05, 0.1) is 22.7 Å². The summed E-state index contributed by atoms with van der Waals surface area (Å²) in [4.78, 5) is 4.68. The van der Waals surface area contributed by atoms with Crippen LogP contribution in [-0.4, -0.2) is 57.1 Å². The van der Waals surface area contributed by atoms with Gasteiger partial charge < -0.3 is 14.5 Å². The zero-order valence-corrected chi connectivity index (χ0v) is 18.1. The van der Waals surface area contributed by atoms with E-state index in [2.05, 4.69) is 16.8 Å². The van der Waals surface area contributed by atoms with Crippen LogP contribution < -0.4 is 9.64 Å². The Labute approximate surface area is 176 Å². The number of hydrogen-bond acceptors (Lipinski definition) is 5. The van der Waals surface area contributed by atoms with Crippen LogP contribution in [0.3, 0.4) is 0 Å². The van der Waals surface area contributed by atoms with Crippen molar-refractivity contribution in [2.45, 2.75) is 11.8 Å². The maximum Gasteiger partial charge on any atom is 0.268 e. The fourth-order valence-corrected chi connectivity index (χ4v) is 5.16. The Morgan fingerprint density at radius 1 is 1.03 bits per heavy atom. The standard InChI is InChI=1S/C21H24ClN3O3S/c1-3-28-21-7-6-18(15-20(21)24-12-10-23(2)11-13-24)29(26,27)25-9-8-16-4-5-17(22)14-19(16)25/h4-9,14-15H,3,10-13H2,1-2H3. The molecule has 8 heteroatoms. The highest BCUT2D eigenvalue weighted by molar-refractivity contribution is 7.90. The van der Waals surface area contributed by atoms with Crippen LogP contribution in [-0.2, 0) is 10.0 Å². The lowest BCUT2D eigenvalue weighted by Gasteiger charge is -2.35. The molecule has 6 nitrogen and oxygen atoms in total. The van der Waals surface area contributed by atoms with Gasteiger partial charge in [0.25, 0.3) is 10.0 Å².